The van der Waals surface area contributed by atoms with Gasteiger partial charge in [0.05, 0.1) is 16.6 Å². The molecule has 0 atom stereocenters. The summed E-state index contributed by atoms with van der Waals surface area (Å²) in [6.45, 7) is 0. The van der Waals surface area contributed by atoms with E-state index in [2.05, 4.69) is 21.0 Å². The van der Waals surface area contributed by atoms with Crippen molar-refractivity contribution in [1.29, 1.82) is 0 Å². The average molecular weight is 327 g/mol. The SMILES string of the molecule is Cn1nc(-c2ccccc2F)c(Br)c1CCC(=O)O. The van der Waals surface area contributed by atoms with Gasteiger partial charge in [-0.3, -0.25) is 9.48 Å². The summed E-state index contributed by atoms with van der Waals surface area (Å²) >= 11 is 3.38. The van der Waals surface area contributed by atoms with Gasteiger partial charge in [0, 0.05) is 19.0 Å². The second-order valence-electron chi connectivity index (χ2n) is 4.11. The third-order valence-electron chi connectivity index (χ3n) is 2.81. The summed E-state index contributed by atoms with van der Waals surface area (Å²) in [5, 5.41) is 13.0. The summed E-state index contributed by atoms with van der Waals surface area (Å²) in [5.41, 5.74) is 1.62. The summed E-state index contributed by atoms with van der Waals surface area (Å²) < 4.78 is 16.0. The zero-order valence-corrected chi connectivity index (χ0v) is 11.8. The smallest absolute Gasteiger partial charge is 0.303 e. The number of hydrogen-bond donors (Lipinski definition) is 1. The number of aromatic nitrogens is 2. The first-order chi connectivity index (χ1) is 9.00. The Balaban J connectivity index is 2.41. The topological polar surface area (TPSA) is 55.1 Å². The molecule has 6 heteroatoms. The zero-order valence-electron chi connectivity index (χ0n) is 10.2. The minimum absolute atomic E-state index is 0.00877. The van der Waals surface area contributed by atoms with Crippen LogP contribution in [0.3, 0.4) is 0 Å². The largest absolute Gasteiger partial charge is 0.481 e. The Morgan fingerprint density at radius 3 is 2.79 bits per heavy atom. The van der Waals surface area contributed by atoms with Crippen LogP contribution < -0.4 is 0 Å². The van der Waals surface area contributed by atoms with Crippen molar-refractivity contribution in [2.24, 2.45) is 7.05 Å². The molecule has 0 amide bonds. The molecule has 19 heavy (non-hydrogen) atoms. The number of carbonyl (C=O) groups is 1. The second kappa shape index (κ2) is 5.52. The molecule has 0 saturated carbocycles. The van der Waals surface area contributed by atoms with Crippen molar-refractivity contribution in [1.82, 2.24) is 9.78 Å². The number of carboxylic acid groups (broad SMARTS) is 1. The van der Waals surface area contributed by atoms with E-state index in [0.717, 1.165) is 5.69 Å². The van der Waals surface area contributed by atoms with E-state index in [1.165, 1.54) is 6.07 Å². The van der Waals surface area contributed by atoms with Crippen LogP contribution >= 0.6 is 15.9 Å². The van der Waals surface area contributed by atoms with Gasteiger partial charge in [-0.05, 0) is 28.1 Å². The molecule has 4 nitrogen and oxygen atoms in total. The number of rotatable bonds is 4. The molecular weight excluding hydrogens is 315 g/mol. The molecular formula is C13H12BrFN2O2. The van der Waals surface area contributed by atoms with Crippen molar-refractivity contribution in [2.75, 3.05) is 0 Å². The number of carboxylic acids is 1. The fourth-order valence-electron chi connectivity index (χ4n) is 1.86. The first-order valence-electron chi connectivity index (χ1n) is 5.68. The van der Waals surface area contributed by atoms with Crippen molar-refractivity contribution in [3.05, 3.63) is 40.2 Å². The summed E-state index contributed by atoms with van der Waals surface area (Å²) in [6, 6.07) is 6.36. The van der Waals surface area contributed by atoms with Crippen LogP contribution in [0.1, 0.15) is 12.1 Å². The van der Waals surface area contributed by atoms with Gasteiger partial charge in [-0.25, -0.2) is 4.39 Å². The van der Waals surface area contributed by atoms with Crippen molar-refractivity contribution < 1.29 is 14.3 Å². The Morgan fingerprint density at radius 1 is 1.47 bits per heavy atom. The minimum Gasteiger partial charge on any atom is -0.481 e. The molecule has 0 aliphatic rings. The maximum absolute atomic E-state index is 13.7. The first-order valence-corrected chi connectivity index (χ1v) is 6.48. The predicted molar refractivity (Wildman–Crippen MR) is 72.3 cm³/mol. The van der Waals surface area contributed by atoms with Crippen molar-refractivity contribution in [2.45, 2.75) is 12.8 Å². The Morgan fingerprint density at radius 2 is 2.16 bits per heavy atom. The monoisotopic (exact) mass is 326 g/mol. The third-order valence-corrected chi connectivity index (χ3v) is 3.64. The number of aryl methyl sites for hydroxylation is 1. The van der Waals surface area contributed by atoms with Crippen LogP contribution in [0.25, 0.3) is 11.3 Å². The molecule has 1 heterocycles. The molecule has 0 bridgehead atoms. The minimum atomic E-state index is -0.874. The molecule has 1 aromatic heterocycles. The van der Waals surface area contributed by atoms with E-state index >= 15 is 0 Å². The van der Waals surface area contributed by atoms with Gasteiger partial charge in [0.2, 0.25) is 0 Å². The number of aliphatic carboxylic acids is 1. The Bertz CT molecular complexity index is 625. The Hall–Kier alpha value is -1.69. The van der Waals surface area contributed by atoms with Crippen LogP contribution in [0.4, 0.5) is 4.39 Å². The lowest BCUT2D eigenvalue weighted by molar-refractivity contribution is -0.136. The van der Waals surface area contributed by atoms with Gasteiger partial charge < -0.3 is 5.11 Å². The average Bonchev–Trinajstić information content (AvgIpc) is 2.63. The molecule has 1 aromatic carbocycles. The van der Waals surface area contributed by atoms with Gasteiger partial charge >= 0.3 is 5.97 Å². The standard InChI is InChI=1S/C13H12BrFN2O2/c1-17-10(6-7-11(18)19)12(14)13(16-17)8-4-2-3-5-9(8)15/h2-5H,6-7H2,1H3,(H,18,19). The highest BCUT2D eigenvalue weighted by atomic mass is 79.9. The van der Waals surface area contributed by atoms with E-state index in [1.54, 1.807) is 29.9 Å². The molecule has 0 aliphatic carbocycles. The van der Waals surface area contributed by atoms with Gasteiger partial charge in [-0.2, -0.15) is 5.10 Å². The number of benzene rings is 1. The lowest BCUT2D eigenvalue weighted by Crippen LogP contribution is -2.03. The summed E-state index contributed by atoms with van der Waals surface area (Å²) in [6.07, 6.45) is 0.350. The summed E-state index contributed by atoms with van der Waals surface area (Å²) in [7, 11) is 1.71. The highest BCUT2D eigenvalue weighted by molar-refractivity contribution is 9.10. The van der Waals surface area contributed by atoms with E-state index in [4.69, 9.17) is 5.11 Å². The summed E-state index contributed by atoms with van der Waals surface area (Å²) in [4.78, 5) is 10.6. The van der Waals surface area contributed by atoms with Crippen molar-refractivity contribution >= 4 is 21.9 Å². The molecule has 0 radical (unpaired) electrons. The number of nitrogens with zero attached hydrogens (tertiary/aromatic N) is 2. The van der Waals surface area contributed by atoms with Gasteiger partial charge in [0.1, 0.15) is 11.5 Å². The van der Waals surface area contributed by atoms with Crippen molar-refractivity contribution in [3.8, 4) is 11.3 Å². The van der Waals surface area contributed by atoms with E-state index in [0.29, 0.717) is 22.2 Å². The first kappa shape index (κ1) is 13.7. The van der Waals surface area contributed by atoms with Gasteiger partial charge in [-0.15, -0.1) is 0 Å². The lowest BCUT2D eigenvalue weighted by Gasteiger charge is -2.00. The van der Waals surface area contributed by atoms with Crippen LogP contribution in [0.2, 0.25) is 0 Å². The molecule has 2 aromatic rings. The van der Waals surface area contributed by atoms with E-state index in [1.807, 2.05) is 0 Å². The molecule has 2 rings (SSSR count). The zero-order chi connectivity index (χ0) is 14.0. The Labute approximate surface area is 118 Å². The van der Waals surface area contributed by atoms with E-state index in [-0.39, 0.29) is 12.2 Å². The number of hydrogen-bond acceptors (Lipinski definition) is 2. The Kier molecular flexibility index (Phi) is 3.99. The quantitative estimate of drug-likeness (QED) is 0.939. The van der Waals surface area contributed by atoms with Crippen LogP contribution in [0.5, 0.6) is 0 Å². The molecule has 0 saturated heterocycles. The fraction of sp³-hybridized carbons (Fsp3) is 0.231. The van der Waals surface area contributed by atoms with Gasteiger partial charge in [0.25, 0.3) is 0 Å². The number of halogens is 2. The van der Waals surface area contributed by atoms with Crippen molar-refractivity contribution in [3.63, 3.8) is 0 Å². The highest BCUT2D eigenvalue weighted by Gasteiger charge is 2.18. The van der Waals surface area contributed by atoms with E-state index < -0.39 is 5.97 Å². The lowest BCUT2D eigenvalue weighted by atomic mass is 10.1. The highest BCUT2D eigenvalue weighted by Crippen LogP contribution is 2.32. The van der Waals surface area contributed by atoms with Gasteiger partial charge in [0.15, 0.2) is 0 Å². The van der Waals surface area contributed by atoms with Crippen LogP contribution in [0, 0.1) is 5.82 Å². The van der Waals surface area contributed by atoms with E-state index in [9.17, 15) is 9.18 Å². The van der Waals surface area contributed by atoms with Crippen LogP contribution in [-0.4, -0.2) is 20.9 Å². The normalized spacial score (nSPS) is 10.7. The third kappa shape index (κ3) is 2.84. The van der Waals surface area contributed by atoms with Crippen LogP contribution in [0.15, 0.2) is 28.7 Å². The molecule has 0 unspecified atom stereocenters. The molecule has 0 aliphatic heterocycles. The summed E-state index contributed by atoms with van der Waals surface area (Å²) in [5.74, 6) is -1.23. The van der Waals surface area contributed by atoms with Gasteiger partial charge in [-0.1, -0.05) is 12.1 Å². The fourth-order valence-corrected chi connectivity index (χ4v) is 2.60. The maximum atomic E-state index is 13.7. The molecule has 1 N–H and O–H groups in total. The van der Waals surface area contributed by atoms with Crippen LogP contribution in [-0.2, 0) is 18.3 Å². The maximum Gasteiger partial charge on any atom is 0.303 e. The molecule has 100 valence electrons. The predicted octanol–water partition coefficient (Wildman–Crippen LogP) is 3.01. The molecule has 0 fully saturated rings. The molecule has 0 spiro atoms. The second-order valence-corrected chi connectivity index (χ2v) is 4.90.